The number of aliphatic carboxylic acids is 1. The van der Waals surface area contributed by atoms with Gasteiger partial charge in [-0.3, -0.25) is 4.79 Å². The van der Waals surface area contributed by atoms with Crippen molar-refractivity contribution in [3.63, 3.8) is 0 Å². The molecular formula is C14H19NO5. The van der Waals surface area contributed by atoms with Crippen LogP contribution in [0.15, 0.2) is 10.5 Å². The minimum atomic E-state index is -1.02. The number of carbonyl (C=O) groups excluding carboxylic acids is 1. The highest BCUT2D eigenvalue weighted by atomic mass is 16.5. The second-order valence-corrected chi connectivity index (χ2v) is 5.13. The van der Waals surface area contributed by atoms with E-state index < -0.39 is 18.2 Å². The Morgan fingerprint density at radius 2 is 2.00 bits per heavy atom. The standard InChI is InChI=1S/C14H19NO5/c1-7-6-10(9(3)19-7)8(2)15-13(16)11-4-5-12(20-11)14(17)18/h6,8,11-12H,4-5H2,1-3H3,(H,15,16)(H,17,18). The molecule has 3 unspecified atom stereocenters. The van der Waals surface area contributed by atoms with Crippen LogP contribution in [0.3, 0.4) is 0 Å². The molecule has 1 aliphatic heterocycles. The number of ether oxygens (including phenoxy) is 1. The van der Waals surface area contributed by atoms with Crippen molar-refractivity contribution in [2.75, 3.05) is 0 Å². The molecule has 1 saturated heterocycles. The molecule has 1 aromatic heterocycles. The third-order valence-electron chi connectivity index (χ3n) is 3.49. The van der Waals surface area contributed by atoms with Gasteiger partial charge < -0.3 is 19.6 Å². The summed E-state index contributed by atoms with van der Waals surface area (Å²) >= 11 is 0. The van der Waals surface area contributed by atoms with Gasteiger partial charge in [0.2, 0.25) is 5.91 Å². The number of carboxylic acid groups (broad SMARTS) is 1. The van der Waals surface area contributed by atoms with Crippen LogP contribution in [0.4, 0.5) is 0 Å². The van der Waals surface area contributed by atoms with Crippen LogP contribution >= 0.6 is 0 Å². The monoisotopic (exact) mass is 281 g/mol. The van der Waals surface area contributed by atoms with Gasteiger partial charge in [-0.15, -0.1) is 0 Å². The first-order valence-electron chi connectivity index (χ1n) is 6.64. The topological polar surface area (TPSA) is 88.8 Å². The van der Waals surface area contributed by atoms with E-state index in [1.54, 1.807) is 0 Å². The Bertz CT molecular complexity index is 522. The van der Waals surface area contributed by atoms with E-state index >= 15 is 0 Å². The van der Waals surface area contributed by atoms with Crippen molar-refractivity contribution >= 4 is 11.9 Å². The van der Waals surface area contributed by atoms with Gasteiger partial charge in [-0.1, -0.05) is 0 Å². The largest absolute Gasteiger partial charge is 0.479 e. The zero-order chi connectivity index (χ0) is 14.9. The van der Waals surface area contributed by atoms with Crippen LogP contribution in [0, 0.1) is 13.8 Å². The molecule has 1 aliphatic rings. The fourth-order valence-corrected chi connectivity index (χ4v) is 2.48. The molecule has 0 aliphatic carbocycles. The number of furan rings is 1. The molecular weight excluding hydrogens is 262 g/mol. The van der Waals surface area contributed by atoms with Crippen LogP contribution in [0.25, 0.3) is 0 Å². The Balaban J connectivity index is 1.95. The lowest BCUT2D eigenvalue weighted by Gasteiger charge is -2.16. The molecule has 1 amide bonds. The molecule has 3 atom stereocenters. The number of carboxylic acids is 1. The van der Waals surface area contributed by atoms with Gasteiger partial charge in [0, 0.05) is 5.56 Å². The summed E-state index contributed by atoms with van der Waals surface area (Å²) in [6, 6.07) is 1.68. The Morgan fingerprint density at radius 1 is 1.35 bits per heavy atom. The molecule has 1 fully saturated rings. The fraction of sp³-hybridized carbons (Fsp3) is 0.571. The van der Waals surface area contributed by atoms with Crippen molar-refractivity contribution in [2.45, 2.75) is 51.9 Å². The van der Waals surface area contributed by atoms with Crippen molar-refractivity contribution in [3.05, 3.63) is 23.2 Å². The lowest BCUT2D eigenvalue weighted by atomic mass is 10.1. The number of rotatable bonds is 4. The van der Waals surface area contributed by atoms with Gasteiger partial charge >= 0.3 is 5.97 Å². The average Bonchev–Trinajstić information content (AvgIpc) is 2.95. The Morgan fingerprint density at radius 3 is 2.50 bits per heavy atom. The smallest absolute Gasteiger partial charge is 0.332 e. The van der Waals surface area contributed by atoms with E-state index in [2.05, 4.69) is 5.32 Å². The van der Waals surface area contributed by atoms with Crippen molar-refractivity contribution in [2.24, 2.45) is 0 Å². The number of aryl methyl sites for hydroxylation is 2. The highest BCUT2D eigenvalue weighted by Gasteiger charge is 2.35. The van der Waals surface area contributed by atoms with Crippen molar-refractivity contribution < 1.29 is 23.8 Å². The van der Waals surface area contributed by atoms with Gasteiger partial charge in [0.05, 0.1) is 6.04 Å². The van der Waals surface area contributed by atoms with Crippen LogP contribution in [-0.2, 0) is 14.3 Å². The van der Waals surface area contributed by atoms with E-state index in [1.165, 1.54) is 0 Å². The molecule has 0 bridgehead atoms. The number of hydrogen-bond donors (Lipinski definition) is 2. The van der Waals surface area contributed by atoms with Crippen LogP contribution in [-0.4, -0.2) is 29.2 Å². The summed E-state index contributed by atoms with van der Waals surface area (Å²) in [6.45, 7) is 5.55. The van der Waals surface area contributed by atoms with E-state index in [9.17, 15) is 9.59 Å². The molecule has 2 heterocycles. The summed E-state index contributed by atoms with van der Waals surface area (Å²) in [7, 11) is 0. The lowest BCUT2D eigenvalue weighted by Crippen LogP contribution is -2.37. The van der Waals surface area contributed by atoms with Gasteiger partial charge in [0.25, 0.3) is 0 Å². The predicted molar refractivity (Wildman–Crippen MR) is 70.3 cm³/mol. The Hall–Kier alpha value is -1.82. The highest BCUT2D eigenvalue weighted by Crippen LogP contribution is 2.24. The zero-order valence-corrected chi connectivity index (χ0v) is 11.8. The molecule has 0 spiro atoms. The molecule has 6 nitrogen and oxygen atoms in total. The molecule has 0 aromatic carbocycles. The highest BCUT2D eigenvalue weighted by molar-refractivity contribution is 5.83. The van der Waals surface area contributed by atoms with Gasteiger partial charge in [0.1, 0.15) is 17.6 Å². The molecule has 20 heavy (non-hydrogen) atoms. The van der Waals surface area contributed by atoms with E-state index in [-0.39, 0.29) is 11.9 Å². The van der Waals surface area contributed by atoms with Crippen molar-refractivity contribution in [1.29, 1.82) is 0 Å². The van der Waals surface area contributed by atoms with E-state index in [0.717, 1.165) is 17.1 Å². The van der Waals surface area contributed by atoms with Gasteiger partial charge in [-0.05, 0) is 39.7 Å². The molecule has 0 saturated carbocycles. The summed E-state index contributed by atoms with van der Waals surface area (Å²) < 4.78 is 10.7. The molecule has 2 N–H and O–H groups in total. The molecule has 1 aromatic rings. The molecule has 2 rings (SSSR count). The average molecular weight is 281 g/mol. The van der Waals surface area contributed by atoms with Crippen LogP contribution in [0.1, 0.15) is 42.9 Å². The zero-order valence-electron chi connectivity index (χ0n) is 11.8. The third-order valence-corrected chi connectivity index (χ3v) is 3.49. The van der Waals surface area contributed by atoms with Crippen molar-refractivity contribution in [3.8, 4) is 0 Å². The minimum Gasteiger partial charge on any atom is -0.479 e. The van der Waals surface area contributed by atoms with Gasteiger partial charge in [-0.2, -0.15) is 0 Å². The maximum Gasteiger partial charge on any atom is 0.332 e. The van der Waals surface area contributed by atoms with Gasteiger partial charge in [0.15, 0.2) is 6.10 Å². The summed E-state index contributed by atoms with van der Waals surface area (Å²) in [5.74, 6) is 0.266. The predicted octanol–water partition coefficient (Wildman–Crippen LogP) is 1.71. The number of nitrogens with one attached hydrogen (secondary N) is 1. The summed E-state index contributed by atoms with van der Waals surface area (Å²) in [5.41, 5.74) is 0.920. The van der Waals surface area contributed by atoms with E-state index in [0.29, 0.717) is 12.8 Å². The normalized spacial score (nSPS) is 23.6. The number of carbonyl (C=O) groups is 2. The maximum absolute atomic E-state index is 12.1. The van der Waals surface area contributed by atoms with Crippen molar-refractivity contribution in [1.82, 2.24) is 5.32 Å². The van der Waals surface area contributed by atoms with Crippen LogP contribution in [0.2, 0.25) is 0 Å². The molecule has 110 valence electrons. The number of amides is 1. The summed E-state index contributed by atoms with van der Waals surface area (Å²) in [5, 5.41) is 11.7. The Labute approximate surface area is 117 Å². The molecule has 0 radical (unpaired) electrons. The number of hydrogen-bond acceptors (Lipinski definition) is 4. The Kier molecular flexibility index (Phi) is 4.13. The minimum absolute atomic E-state index is 0.201. The van der Waals surface area contributed by atoms with Crippen LogP contribution in [0.5, 0.6) is 0 Å². The van der Waals surface area contributed by atoms with E-state index in [4.69, 9.17) is 14.3 Å². The summed E-state index contributed by atoms with van der Waals surface area (Å²) in [4.78, 5) is 22.8. The second kappa shape index (κ2) is 5.66. The second-order valence-electron chi connectivity index (χ2n) is 5.13. The van der Waals surface area contributed by atoms with Crippen LogP contribution < -0.4 is 5.32 Å². The van der Waals surface area contributed by atoms with E-state index in [1.807, 2.05) is 26.8 Å². The van der Waals surface area contributed by atoms with Gasteiger partial charge in [-0.25, -0.2) is 4.79 Å². The maximum atomic E-state index is 12.1. The first-order valence-corrected chi connectivity index (χ1v) is 6.64. The summed E-state index contributed by atoms with van der Waals surface area (Å²) in [6.07, 6.45) is -0.768. The quantitative estimate of drug-likeness (QED) is 0.877. The molecule has 6 heteroatoms. The first kappa shape index (κ1) is 14.6. The third kappa shape index (κ3) is 3.01. The lowest BCUT2D eigenvalue weighted by molar-refractivity contribution is -0.151. The first-order chi connectivity index (χ1) is 9.38. The SMILES string of the molecule is Cc1cc(C(C)NC(=O)C2CCC(C(=O)O)O2)c(C)o1. The fourth-order valence-electron chi connectivity index (χ4n) is 2.48.